The molecule has 0 radical (unpaired) electrons. The number of rotatable bonds is 3. The van der Waals surface area contributed by atoms with Gasteiger partial charge in [-0.1, -0.05) is 12.1 Å². The number of likely N-dealkylation sites (N-methyl/N-ethyl adjacent to an activating group) is 1. The molecule has 20 heavy (non-hydrogen) atoms. The molecule has 1 atom stereocenters. The summed E-state index contributed by atoms with van der Waals surface area (Å²) >= 11 is 0. The van der Waals surface area contributed by atoms with Crippen LogP contribution in [0.5, 0.6) is 0 Å². The zero-order valence-electron chi connectivity index (χ0n) is 11.5. The molecule has 1 aromatic carbocycles. The number of carboxylic acids is 1. The van der Waals surface area contributed by atoms with Crippen molar-refractivity contribution in [2.75, 3.05) is 18.5 Å². The Kier molecular flexibility index (Phi) is 3.12. The molecule has 1 N–H and O–H groups in total. The van der Waals surface area contributed by atoms with Crippen molar-refractivity contribution in [3.63, 3.8) is 0 Å². The largest absolute Gasteiger partial charge is 0.480 e. The van der Waals surface area contributed by atoms with Crippen molar-refractivity contribution in [2.24, 2.45) is 0 Å². The van der Waals surface area contributed by atoms with Gasteiger partial charge >= 0.3 is 5.97 Å². The third-order valence-corrected chi connectivity index (χ3v) is 4.24. The van der Waals surface area contributed by atoms with Gasteiger partial charge in [0.05, 0.1) is 0 Å². The van der Waals surface area contributed by atoms with Gasteiger partial charge in [0, 0.05) is 32.2 Å². The molecule has 0 bridgehead atoms. The van der Waals surface area contributed by atoms with E-state index in [2.05, 4.69) is 24.1 Å². The van der Waals surface area contributed by atoms with Gasteiger partial charge in [-0.15, -0.1) is 0 Å². The molecule has 106 valence electrons. The van der Waals surface area contributed by atoms with Crippen molar-refractivity contribution in [1.29, 1.82) is 0 Å². The van der Waals surface area contributed by atoms with E-state index in [1.54, 1.807) is 0 Å². The standard InChI is InChI=1S/C15H18N2O3/c1-16-7-6-11-8-10(2-3-12(11)16)9-17-13(15(19)20)4-5-14(17)18/h2-3,8,13H,4-7,9H2,1H3,(H,19,20). The highest BCUT2D eigenvalue weighted by Crippen LogP contribution is 2.29. The van der Waals surface area contributed by atoms with E-state index >= 15 is 0 Å². The number of amides is 1. The van der Waals surface area contributed by atoms with Gasteiger partial charge < -0.3 is 14.9 Å². The van der Waals surface area contributed by atoms with Gasteiger partial charge in [0.15, 0.2) is 0 Å². The van der Waals surface area contributed by atoms with Crippen LogP contribution in [0.25, 0.3) is 0 Å². The van der Waals surface area contributed by atoms with Crippen molar-refractivity contribution in [1.82, 2.24) is 4.90 Å². The van der Waals surface area contributed by atoms with E-state index in [9.17, 15) is 9.59 Å². The third kappa shape index (κ3) is 2.13. The van der Waals surface area contributed by atoms with Gasteiger partial charge in [0.2, 0.25) is 5.91 Å². The third-order valence-electron chi connectivity index (χ3n) is 4.24. The second kappa shape index (κ2) is 4.81. The summed E-state index contributed by atoms with van der Waals surface area (Å²) in [6.45, 7) is 1.41. The average Bonchev–Trinajstić information content (AvgIpc) is 2.95. The number of carbonyl (C=O) groups excluding carboxylic acids is 1. The molecule has 1 amide bonds. The maximum atomic E-state index is 11.8. The van der Waals surface area contributed by atoms with Crippen molar-refractivity contribution in [2.45, 2.75) is 31.8 Å². The number of carbonyl (C=O) groups is 2. The minimum absolute atomic E-state index is 0.0602. The smallest absolute Gasteiger partial charge is 0.326 e. The summed E-state index contributed by atoms with van der Waals surface area (Å²) in [6, 6.07) is 5.49. The summed E-state index contributed by atoms with van der Waals surface area (Å²) in [5, 5.41) is 9.17. The van der Waals surface area contributed by atoms with Crippen LogP contribution in [0.15, 0.2) is 18.2 Å². The Morgan fingerprint density at radius 1 is 1.40 bits per heavy atom. The summed E-state index contributed by atoms with van der Waals surface area (Å²) in [5.74, 6) is -0.966. The molecular weight excluding hydrogens is 256 g/mol. The molecular formula is C15H18N2O3. The van der Waals surface area contributed by atoms with E-state index in [1.807, 2.05) is 6.07 Å². The summed E-state index contributed by atoms with van der Waals surface area (Å²) in [7, 11) is 2.07. The summed E-state index contributed by atoms with van der Waals surface area (Å²) in [6.07, 6.45) is 1.77. The Balaban J connectivity index is 1.81. The molecule has 1 aromatic rings. The van der Waals surface area contributed by atoms with Gasteiger partial charge in [0.25, 0.3) is 0 Å². The zero-order valence-corrected chi connectivity index (χ0v) is 11.5. The number of anilines is 1. The molecule has 5 nitrogen and oxygen atoms in total. The minimum atomic E-state index is -0.906. The quantitative estimate of drug-likeness (QED) is 0.901. The number of likely N-dealkylation sites (tertiary alicyclic amines) is 1. The highest BCUT2D eigenvalue weighted by molar-refractivity contribution is 5.87. The molecule has 0 spiro atoms. The SMILES string of the molecule is CN1CCc2cc(CN3C(=O)CCC3C(=O)O)ccc21. The number of hydrogen-bond donors (Lipinski definition) is 1. The van der Waals surface area contributed by atoms with Gasteiger partial charge in [-0.05, 0) is 30.0 Å². The molecule has 2 aliphatic rings. The Labute approximate surface area is 117 Å². The minimum Gasteiger partial charge on any atom is -0.480 e. The van der Waals surface area contributed by atoms with Crippen LogP contribution in [0.1, 0.15) is 24.0 Å². The first-order chi connectivity index (χ1) is 9.56. The molecule has 1 unspecified atom stereocenters. The predicted octanol–water partition coefficient (Wildman–Crippen LogP) is 1.25. The number of benzene rings is 1. The van der Waals surface area contributed by atoms with Gasteiger partial charge in [-0.25, -0.2) is 4.79 Å². The molecule has 5 heteroatoms. The number of aliphatic carboxylic acids is 1. The lowest BCUT2D eigenvalue weighted by Crippen LogP contribution is -2.37. The van der Waals surface area contributed by atoms with Crippen LogP contribution in [0.3, 0.4) is 0 Å². The van der Waals surface area contributed by atoms with Crippen LogP contribution < -0.4 is 4.90 Å². The van der Waals surface area contributed by atoms with Gasteiger partial charge in [-0.2, -0.15) is 0 Å². The maximum absolute atomic E-state index is 11.8. The Morgan fingerprint density at radius 3 is 2.95 bits per heavy atom. The Bertz CT molecular complexity index is 570. The van der Waals surface area contributed by atoms with Crippen molar-refractivity contribution >= 4 is 17.6 Å². The van der Waals surface area contributed by atoms with Crippen LogP contribution in [-0.2, 0) is 22.6 Å². The highest BCUT2D eigenvalue weighted by Gasteiger charge is 2.35. The first-order valence-corrected chi connectivity index (χ1v) is 6.91. The van der Waals surface area contributed by atoms with Crippen LogP contribution in [0.2, 0.25) is 0 Å². The fourth-order valence-electron chi connectivity index (χ4n) is 3.10. The zero-order chi connectivity index (χ0) is 14.3. The van der Waals surface area contributed by atoms with Crippen molar-refractivity contribution in [3.8, 4) is 0 Å². The lowest BCUT2D eigenvalue weighted by Gasteiger charge is -2.22. The predicted molar refractivity (Wildman–Crippen MR) is 74.6 cm³/mol. The van der Waals surface area contributed by atoms with Crippen molar-refractivity contribution in [3.05, 3.63) is 29.3 Å². The topological polar surface area (TPSA) is 60.9 Å². The fourth-order valence-corrected chi connectivity index (χ4v) is 3.10. The Hall–Kier alpha value is -2.04. The van der Waals surface area contributed by atoms with Gasteiger partial charge in [-0.3, -0.25) is 4.79 Å². The first kappa shape index (κ1) is 13.0. The van der Waals surface area contributed by atoms with Crippen LogP contribution in [0, 0.1) is 0 Å². The molecule has 0 aromatic heterocycles. The fraction of sp³-hybridized carbons (Fsp3) is 0.467. The van der Waals surface area contributed by atoms with Crippen LogP contribution in [-0.4, -0.2) is 41.5 Å². The second-order valence-electron chi connectivity index (χ2n) is 5.55. The lowest BCUT2D eigenvalue weighted by molar-refractivity contribution is -0.146. The summed E-state index contributed by atoms with van der Waals surface area (Å²) in [5.41, 5.74) is 3.53. The molecule has 2 heterocycles. The van der Waals surface area contributed by atoms with E-state index < -0.39 is 12.0 Å². The lowest BCUT2D eigenvalue weighted by atomic mass is 10.1. The van der Waals surface area contributed by atoms with E-state index in [0.29, 0.717) is 19.4 Å². The van der Waals surface area contributed by atoms with Crippen LogP contribution in [0.4, 0.5) is 5.69 Å². The number of hydrogen-bond acceptors (Lipinski definition) is 3. The van der Waals surface area contributed by atoms with E-state index in [-0.39, 0.29) is 5.91 Å². The highest BCUT2D eigenvalue weighted by atomic mass is 16.4. The number of carboxylic acid groups (broad SMARTS) is 1. The monoisotopic (exact) mass is 274 g/mol. The molecule has 0 aliphatic carbocycles. The Morgan fingerprint density at radius 2 is 2.20 bits per heavy atom. The van der Waals surface area contributed by atoms with E-state index in [0.717, 1.165) is 18.5 Å². The average molecular weight is 274 g/mol. The first-order valence-electron chi connectivity index (χ1n) is 6.91. The maximum Gasteiger partial charge on any atom is 0.326 e. The summed E-state index contributed by atoms with van der Waals surface area (Å²) < 4.78 is 0. The molecule has 1 saturated heterocycles. The number of fused-ring (bicyclic) bond motifs is 1. The van der Waals surface area contributed by atoms with E-state index in [1.165, 1.54) is 16.2 Å². The second-order valence-corrected chi connectivity index (χ2v) is 5.55. The molecule has 2 aliphatic heterocycles. The summed E-state index contributed by atoms with van der Waals surface area (Å²) in [4.78, 5) is 26.7. The number of nitrogens with zero attached hydrogens (tertiary/aromatic N) is 2. The van der Waals surface area contributed by atoms with Gasteiger partial charge in [0.1, 0.15) is 6.04 Å². The van der Waals surface area contributed by atoms with Crippen LogP contribution >= 0.6 is 0 Å². The molecule has 0 saturated carbocycles. The molecule has 1 fully saturated rings. The molecule has 3 rings (SSSR count). The normalized spacial score (nSPS) is 21.4. The van der Waals surface area contributed by atoms with Crippen molar-refractivity contribution < 1.29 is 14.7 Å². The van der Waals surface area contributed by atoms with E-state index in [4.69, 9.17) is 5.11 Å².